The maximum absolute atomic E-state index is 10.7. The van der Waals surface area contributed by atoms with Crippen LogP contribution in [0.5, 0.6) is 0 Å². The zero-order valence-electron chi connectivity index (χ0n) is 12.3. The first kappa shape index (κ1) is 15.9. The average molecular weight is 342 g/mol. The summed E-state index contributed by atoms with van der Waals surface area (Å²) in [6, 6.07) is 3.92. The molecule has 1 N–H and O–H groups in total. The summed E-state index contributed by atoms with van der Waals surface area (Å²) in [7, 11) is 0. The molecule has 1 saturated carbocycles. The fourth-order valence-corrected chi connectivity index (χ4v) is 3.51. The average Bonchev–Trinajstić information content (AvgIpc) is 2.41. The van der Waals surface area contributed by atoms with Crippen molar-refractivity contribution in [3.63, 3.8) is 0 Å². The van der Waals surface area contributed by atoms with Gasteiger partial charge in [0, 0.05) is 29.4 Å². The summed E-state index contributed by atoms with van der Waals surface area (Å²) in [5.74, 6) is 0.614. The predicted molar refractivity (Wildman–Crippen MR) is 83.6 cm³/mol. The van der Waals surface area contributed by atoms with Crippen LogP contribution in [0, 0.1) is 5.92 Å². The highest BCUT2D eigenvalue weighted by atomic mass is 79.9. The molecule has 4 heteroatoms. The number of hydrogen-bond donors (Lipinski definition) is 1. The molecule has 0 aromatic carbocycles. The molecule has 1 heterocycles. The van der Waals surface area contributed by atoms with Crippen LogP contribution in [-0.4, -0.2) is 28.4 Å². The Morgan fingerprint density at radius 1 is 1.55 bits per heavy atom. The fourth-order valence-electron chi connectivity index (χ4n) is 3.27. The highest BCUT2D eigenvalue weighted by Gasteiger charge is 2.42. The molecular formula is C16H24BrNO2. The van der Waals surface area contributed by atoms with Crippen LogP contribution >= 0.6 is 15.9 Å². The summed E-state index contributed by atoms with van der Waals surface area (Å²) in [5, 5.41) is 10.7. The van der Waals surface area contributed by atoms with Gasteiger partial charge in [-0.15, -0.1) is 0 Å². The molecule has 0 spiro atoms. The van der Waals surface area contributed by atoms with E-state index in [0.29, 0.717) is 18.9 Å². The highest BCUT2D eigenvalue weighted by Crippen LogP contribution is 2.38. The number of aliphatic hydroxyl groups is 1. The van der Waals surface area contributed by atoms with Gasteiger partial charge in [0.1, 0.15) is 0 Å². The molecular weight excluding hydrogens is 318 g/mol. The third-order valence-electron chi connectivity index (χ3n) is 4.22. The summed E-state index contributed by atoms with van der Waals surface area (Å²) in [6.07, 6.45) is 6.10. The Hall–Kier alpha value is -0.450. The van der Waals surface area contributed by atoms with E-state index in [-0.39, 0.29) is 5.60 Å². The number of rotatable bonds is 5. The van der Waals surface area contributed by atoms with Crippen molar-refractivity contribution < 1.29 is 9.84 Å². The van der Waals surface area contributed by atoms with Crippen LogP contribution in [-0.2, 0) is 11.2 Å². The molecule has 3 unspecified atom stereocenters. The van der Waals surface area contributed by atoms with Crippen molar-refractivity contribution in [3.8, 4) is 0 Å². The number of pyridine rings is 1. The molecule has 3 nitrogen and oxygen atoms in total. The maximum atomic E-state index is 10.7. The first-order valence-corrected chi connectivity index (χ1v) is 8.27. The molecule has 112 valence electrons. The van der Waals surface area contributed by atoms with E-state index in [1.165, 1.54) is 6.42 Å². The molecule has 1 aliphatic carbocycles. The third kappa shape index (κ3) is 3.80. The van der Waals surface area contributed by atoms with E-state index in [0.717, 1.165) is 29.4 Å². The molecule has 1 aromatic heterocycles. The van der Waals surface area contributed by atoms with Crippen molar-refractivity contribution in [1.82, 2.24) is 4.98 Å². The fraction of sp³-hybridized carbons (Fsp3) is 0.688. The Morgan fingerprint density at radius 2 is 2.35 bits per heavy atom. The SMILES string of the molecule is CCOC1(C(O)Cc2ccc(Br)cn2)CCCC(C)C1. The molecule has 1 aromatic rings. The Morgan fingerprint density at radius 3 is 2.95 bits per heavy atom. The number of halogens is 1. The molecule has 0 bridgehead atoms. The minimum Gasteiger partial charge on any atom is -0.390 e. The van der Waals surface area contributed by atoms with E-state index in [9.17, 15) is 5.11 Å². The van der Waals surface area contributed by atoms with Gasteiger partial charge in [-0.3, -0.25) is 4.98 Å². The maximum Gasteiger partial charge on any atom is 0.0946 e. The van der Waals surface area contributed by atoms with Crippen molar-refractivity contribution in [2.75, 3.05) is 6.61 Å². The van der Waals surface area contributed by atoms with E-state index < -0.39 is 6.10 Å². The van der Waals surface area contributed by atoms with Crippen molar-refractivity contribution in [3.05, 3.63) is 28.5 Å². The zero-order chi connectivity index (χ0) is 14.6. The van der Waals surface area contributed by atoms with Gasteiger partial charge in [-0.1, -0.05) is 19.8 Å². The second-order valence-electron chi connectivity index (χ2n) is 5.89. The predicted octanol–water partition coefficient (Wildman–Crippen LogP) is 3.73. The van der Waals surface area contributed by atoms with Crippen LogP contribution in [0.15, 0.2) is 22.8 Å². The molecule has 0 aliphatic heterocycles. The topological polar surface area (TPSA) is 42.4 Å². The summed E-state index contributed by atoms with van der Waals surface area (Å²) in [6.45, 7) is 4.90. The van der Waals surface area contributed by atoms with Crippen LogP contribution in [0.3, 0.4) is 0 Å². The highest BCUT2D eigenvalue weighted by molar-refractivity contribution is 9.10. The number of nitrogens with zero attached hydrogens (tertiary/aromatic N) is 1. The Labute approximate surface area is 129 Å². The van der Waals surface area contributed by atoms with Gasteiger partial charge in [-0.05, 0) is 53.7 Å². The van der Waals surface area contributed by atoms with Gasteiger partial charge in [0.05, 0.1) is 11.7 Å². The van der Waals surface area contributed by atoms with Gasteiger partial charge in [-0.2, -0.15) is 0 Å². The molecule has 3 atom stereocenters. The smallest absolute Gasteiger partial charge is 0.0946 e. The Kier molecular flexibility index (Phi) is 5.58. The first-order chi connectivity index (χ1) is 9.55. The van der Waals surface area contributed by atoms with Gasteiger partial charge in [0.15, 0.2) is 0 Å². The van der Waals surface area contributed by atoms with Crippen LogP contribution in [0.4, 0.5) is 0 Å². The van der Waals surface area contributed by atoms with E-state index in [1.807, 2.05) is 19.1 Å². The number of ether oxygens (including phenoxy) is 1. The van der Waals surface area contributed by atoms with Crippen LogP contribution in [0.2, 0.25) is 0 Å². The summed E-state index contributed by atoms with van der Waals surface area (Å²) < 4.78 is 6.97. The second-order valence-corrected chi connectivity index (χ2v) is 6.80. The van der Waals surface area contributed by atoms with E-state index in [1.54, 1.807) is 6.20 Å². The van der Waals surface area contributed by atoms with Crippen molar-refractivity contribution in [2.45, 2.75) is 57.7 Å². The lowest BCUT2D eigenvalue weighted by Gasteiger charge is -2.43. The minimum absolute atomic E-state index is 0.388. The Balaban J connectivity index is 2.10. The third-order valence-corrected chi connectivity index (χ3v) is 4.69. The lowest BCUT2D eigenvalue weighted by Crippen LogP contribution is -2.49. The molecule has 20 heavy (non-hydrogen) atoms. The molecule has 1 aliphatic rings. The number of aliphatic hydroxyl groups excluding tert-OH is 1. The number of hydrogen-bond acceptors (Lipinski definition) is 3. The van der Waals surface area contributed by atoms with E-state index >= 15 is 0 Å². The number of aromatic nitrogens is 1. The molecule has 0 amide bonds. The first-order valence-electron chi connectivity index (χ1n) is 7.48. The summed E-state index contributed by atoms with van der Waals surface area (Å²) in [4.78, 5) is 4.36. The van der Waals surface area contributed by atoms with Gasteiger partial charge < -0.3 is 9.84 Å². The standard InChI is InChI=1S/C16H24BrNO2/c1-3-20-16(8-4-5-12(2)10-16)15(19)9-14-7-6-13(17)11-18-14/h6-7,11-12,15,19H,3-5,8-10H2,1-2H3. The Bertz CT molecular complexity index is 419. The van der Waals surface area contributed by atoms with Crippen LogP contribution < -0.4 is 0 Å². The lowest BCUT2D eigenvalue weighted by atomic mass is 9.74. The minimum atomic E-state index is -0.487. The van der Waals surface area contributed by atoms with Crippen molar-refractivity contribution in [1.29, 1.82) is 0 Å². The zero-order valence-corrected chi connectivity index (χ0v) is 13.9. The molecule has 2 rings (SSSR count). The lowest BCUT2D eigenvalue weighted by molar-refractivity contribution is -0.147. The summed E-state index contributed by atoms with van der Waals surface area (Å²) in [5.41, 5.74) is 0.527. The van der Waals surface area contributed by atoms with Gasteiger partial charge in [0.2, 0.25) is 0 Å². The van der Waals surface area contributed by atoms with Crippen LogP contribution in [0.1, 0.15) is 45.2 Å². The van der Waals surface area contributed by atoms with Gasteiger partial charge in [0.25, 0.3) is 0 Å². The normalized spacial score (nSPS) is 28.3. The second kappa shape index (κ2) is 7.01. The molecule has 1 fully saturated rings. The van der Waals surface area contributed by atoms with Crippen molar-refractivity contribution in [2.24, 2.45) is 5.92 Å². The van der Waals surface area contributed by atoms with Gasteiger partial charge >= 0.3 is 0 Å². The van der Waals surface area contributed by atoms with E-state index in [4.69, 9.17) is 4.74 Å². The van der Waals surface area contributed by atoms with E-state index in [2.05, 4.69) is 27.8 Å². The monoisotopic (exact) mass is 341 g/mol. The van der Waals surface area contributed by atoms with Gasteiger partial charge in [-0.25, -0.2) is 0 Å². The molecule has 0 saturated heterocycles. The summed E-state index contributed by atoms with van der Waals surface area (Å²) >= 11 is 3.38. The van der Waals surface area contributed by atoms with Crippen molar-refractivity contribution >= 4 is 15.9 Å². The quantitative estimate of drug-likeness (QED) is 0.887. The van der Waals surface area contributed by atoms with Crippen LogP contribution in [0.25, 0.3) is 0 Å². The largest absolute Gasteiger partial charge is 0.390 e. The molecule has 0 radical (unpaired) electrons.